The number of carbonyl (C=O) groups is 1. The first kappa shape index (κ1) is 27.3. The van der Waals surface area contributed by atoms with Crippen molar-refractivity contribution >= 4 is 45.9 Å². The van der Waals surface area contributed by atoms with Crippen molar-refractivity contribution in [3.05, 3.63) is 69.7 Å². The molecule has 1 saturated heterocycles. The van der Waals surface area contributed by atoms with Gasteiger partial charge >= 0.3 is 6.01 Å². The molecule has 0 radical (unpaired) electrons. The van der Waals surface area contributed by atoms with Crippen LogP contribution in [0.25, 0.3) is 11.3 Å². The van der Waals surface area contributed by atoms with Crippen molar-refractivity contribution in [2.45, 2.75) is 24.7 Å². The van der Waals surface area contributed by atoms with E-state index in [2.05, 4.69) is 20.0 Å². The van der Waals surface area contributed by atoms with Crippen LogP contribution in [0.1, 0.15) is 24.0 Å². The first-order valence-electron chi connectivity index (χ1n) is 11.7. The van der Waals surface area contributed by atoms with Gasteiger partial charge in [-0.15, -0.1) is 0 Å². The first-order valence-corrected chi connectivity index (χ1v) is 14.1. The summed E-state index contributed by atoms with van der Waals surface area (Å²) in [6.45, 7) is 1.47. The molecule has 1 atom stereocenters. The highest BCUT2D eigenvalue weighted by Crippen LogP contribution is 2.37. The van der Waals surface area contributed by atoms with Crippen LogP contribution in [-0.4, -0.2) is 53.2 Å². The zero-order valence-corrected chi connectivity index (χ0v) is 22.9. The van der Waals surface area contributed by atoms with E-state index in [4.69, 9.17) is 32.7 Å². The van der Waals surface area contributed by atoms with Crippen molar-refractivity contribution in [3.8, 4) is 17.3 Å². The van der Waals surface area contributed by atoms with Crippen molar-refractivity contribution in [1.82, 2.24) is 14.7 Å². The number of hydrogen-bond donors (Lipinski definition) is 2. The smallest absolute Gasteiger partial charge is 0.318 e. The molecule has 37 heavy (non-hydrogen) atoms. The molecule has 1 aliphatic heterocycles. The third-order valence-corrected chi connectivity index (χ3v) is 7.39. The number of benzene rings is 2. The van der Waals surface area contributed by atoms with E-state index < -0.39 is 16.4 Å². The lowest BCUT2D eigenvalue weighted by molar-refractivity contribution is -0.128. The van der Waals surface area contributed by atoms with Crippen LogP contribution in [0.2, 0.25) is 10.0 Å². The number of hydrogen-bond acceptors (Lipinski definition) is 7. The predicted molar refractivity (Wildman–Crippen MR) is 147 cm³/mol. The number of carbonyl (C=O) groups excluding carboxylic acids is 1. The van der Waals surface area contributed by atoms with Gasteiger partial charge in [0, 0.05) is 47.7 Å². The largest absolute Gasteiger partial charge is 0.467 e. The van der Waals surface area contributed by atoms with Crippen molar-refractivity contribution in [3.63, 3.8) is 0 Å². The lowest BCUT2D eigenvalue weighted by atomic mass is 9.73. The Bertz CT molecular complexity index is 1300. The maximum Gasteiger partial charge on any atom is 0.318 e. The van der Waals surface area contributed by atoms with Crippen LogP contribution in [0.3, 0.4) is 0 Å². The number of amides is 1. The van der Waals surface area contributed by atoms with Crippen molar-refractivity contribution in [2.24, 2.45) is 0 Å². The van der Waals surface area contributed by atoms with Crippen LogP contribution in [0.4, 0.5) is 5.82 Å². The minimum atomic E-state index is -1.47. The highest BCUT2D eigenvalue weighted by Gasteiger charge is 2.42. The van der Waals surface area contributed by atoms with E-state index in [0.717, 1.165) is 16.7 Å². The Kier molecular flexibility index (Phi) is 9.02. The van der Waals surface area contributed by atoms with Gasteiger partial charge in [0.25, 0.3) is 0 Å². The van der Waals surface area contributed by atoms with E-state index in [0.29, 0.717) is 60.6 Å². The van der Waals surface area contributed by atoms with Crippen molar-refractivity contribution in [2.75, 3.05) is 38.4 Å². The second-order valence-corrected chi connectivity index (χ2v) is 10.7. The van der Waals surface area contributed by atoms with Gasteiger partial charge in [0.2, 0.25) is 5.91 Å². The molecule has 11 heteroatoms. The molecule has 1 aromatic heterocycles. The van der Waals surface area contributed by atoms with Gasteiger partial charge in [-0.3, -0.25) is 9.52 Å². The lowest BCUT2D eigenvalue weighted by Crippen LogP contribution is -2.48. The number of nitrogens with zero attached hydrogens (tertiary/aromatic N) is 2. The summed E-state index contributed by atoms with van der Waals surface area (Å²) in [5.41, 5.74) is 2.40. The van der Waals surface area contributed by atoms with E-state index in [9.17, 15) is 9.00 Å². The molecule has 0 aliphatic carbocycles. The standard InChI is InChI=1S/C26H28Cl2N4O4S/c1-35-25-30-22(16-23(31-25)29-11-8-17-6-7-20(27)15-21(17)28)18-4-3-5-19(14-18)26(9-12-36-13-10-26)24(33)32-37(2)34/h3-7,14-16H,8-13H2,1-2H3,(H,32,33)(H,29,30,31). The summed E-state index contributed by atoms with van der Waals surface area (Å²) in [7, 11) is 0.0464. The van der Waals surface area contributed by atoms with E-state index in [1.165, 1.54) is 13.4 Å². The van der Waals surface area contributed by atoms with Gasteiger partial charge < -0.3 is 14.8 Å². The fourth-order valence-electron chi connectivity index (χ4n) is 4.38. The Morgan fingerprint density at radius 1 is 1.14 bits per heavy atom. The Labute approximate surface area is 228 Å². The Hall–Kier alpha value is -2.72. The monoisotopic (exact) mass is 562 g/mol. The van der Waals surface area contributed by atoms with E-state index in [-0.39, 0.29) is 11.9 Å². The van der Waals surface area contributed by atoms with Crippen LogP contribution >= 0.6 is 23.2 Å². The number of nitrogens with one attached hydrogen (secondary N) is 2. The minimum Gasteiger partial charge on any atom is -0.467 e. The van der Waals surface area contributed by atoms with Gasteiger partial charge in [0.15, 0.2) is 0 Å². The van der Waals surface area contributed by atoms with Crippen LogP contribution < -0.4 is 14.8 Å². The molecule has 3 aromatic rings. The van der Waals surface area contributed by atoms with E-state index in [1.807, 2.05) is 42.5 Å². The number of rotatable bonds is 9. The van der Waals surface area contributed by atoms with Crippen LogP contribution in [0, 0.1) is 0 Å². The molecular weight excluding hydrogens is 535 g/mol. The molecule has 196 valence electrons. The Morgan fingerprint density at radius 3 is 2.62 bits per heavy atom. The molecule has 1 amide bonds. The highest BCUT2D eigenvalue weighted by molar-refractivity contribution is 7.82. The second-order valence-electron chi connectivity index (χ2n) is 8.70. The second kappa shape index (κ2) is 12.2. The quantitative estimate of drug-likeness (QED) is 0.393. The van der Waals surface area contributed by atoms with Gasteiger partial charge in [-0.25, -0.2) is 4.21 Å². The Morgan fingerprint density at radius 2 is 1.92 bits per heavy atom. The average molecular weight is 564 g/mol. The van der Waals surface area contributed by atoms with Crippen molar-refractivity contribution in [1.29, 1.82) is 0 Å². The molecule has 1 fully saturated rings. The number of halogens is 2. The first-order chi connectivity index (χ1) is 17.8. The van der Waals surface area contributed by atoms with Gasteiger partial charge in [-0.1, -0.05) is 47.5 Å². The molecule has 1 unspecified atom stereocenters. The zero-order chi connectivity index (χ0) is 26.4. The SMILES string of the molecule is COc1nc(NCCc2ccc(Cl)cc2Cl)cc(-c2cccc(C3(C(=O)NS(C)=O)CCOCC3)c2)n1. The molecule has 0 saturated carbocycles. The molecule has 0 spiro atoms. The molecular formula is C26H28Cl2N4O4S. The molecule has 2 aromatic carbocycles. The van der Waals surface area contributed by atoms with Gasteiger partial charge in [-0.05, 0) is 48.6 Å². The highest BCUT2D eigenvalue weighted by atomic mass is 35.5. The van der Waals surface area contributed by atoms with Crippen LogP contribution in [0.15, 0.2) is 48.5 Å². The summed E-state index contributed by atoms with van der Waals surface area (Å²) in [5, 5.41) is 4.52. The van der Waals surface area contributed by atoms with E-state index >= 15 is 0 Å². The fraction of sp³-hybridized carbons (Fsp3) is 0.346. The lowest BCUT2D eigenvalue weighted by Gasteiger charge is -2.36. The molecule has 1 aliphatic rings. The van der Waals surface area contributed by atoms with Crippen LogP contribution in [0.5, 0.6) is 6.01 Å². The summed E-state index contributed by atoms with van der Waals surface area (Å²) < 4.78 is 25.2. The van der Waals surface area contributed by atoms with Crippen molar-refractivity contribution < 1.29 is 18.5 Å². The Balaban J connectivity index is 1.60. The maximum atomic E-state index is 13.2. The minimum absolute atomic E-state index is 0.217. The normalized spacial score (nSPS) is 15.6. The average Bonchev–Trinajstić information content (AvgIpc) is 2.90. The molecule has 2 N–H and O–H groups in total. The van der Waals surface area contributed by atoms with E-state index in [1.54, 1.807) is 6.07 Å². The molecule has 8 nitrogen and oxygen atoms in total. The molecule has 0 bridgehead atoms. The summed E-state index contributed by atoms with van der Waals surface area (Å²) in [5.74, 6) is 0.328. The summed E-state index contributed by atoms with van der Waals surface area (Å²) in [6, 6.07) is 15.2. The summed E-state index contributed by atoms with van der Waals surface area (Å²) in [4.78, 5) is 22.1. The summed E-state index contributed by atoms with van der Waals surface area (Å²) in [6.07, 6.45) is 3.11. The predicted octanol–water partition coefficient (Wildman–Crippen LogP) is 4.57. The van der Waals surface area contributed by atoms with Crippen LogP contribution in [-0.2, 0) is 32.4 Å². The summed E-state index contributed by atoms with van der Waals surface area (Å²) >= 11 is 12.3. The number of anilines is 1. The number of aromatic nitrogens is 2. The van der Waals surface area contributed by atoms with Gasteiger partial charge in [0.1, 0.15) is 16.8 Å². The molecule has 2 heterocycles. The molecule has 4 rings (SSSR count). The maximum absolute atomic E-state index is 13.2. The number of ether oxygens (including phenoxy) is 2. The topological polar surface area (TPSA) is 102 Å². The van der Waals surface area contributed by atoms with Gasteiger partial charge in [-0.2, -0.15) is 9.97 Å². The third kappa shape index (κ3) is 6.59. The number of methoxy groups -OCH3 is 1. The fourth-order valence-corrected chi connectivity index (χ4v) is 5.34. The third-order valence-electron chi connectivity index (χ3n) is 6.33. The zero-order valence-electron chi connectivity index (χ0n) is 20.6. The van der Waals surface area contributed by atoms with Gasteiger partial charge in [0.05, 0.1) is 18.2 Å².